The summed E-state index contributed by atoms with van der Waals surface area (Å²) < 4.78 is 0. The highest BCUT2D eigenvalue weighted by molar-refractivity contribution is 6.41. The van der Waals surface area contributed by atoms with Gasteiger partial charge in [-0.1, -0.05) is 60.4 Å². The van der Waals surface area contributed by atoms with Crippen LogP contribution in [0.4, 0.5) is 0 Å². The average molecular weight is 603 g/mol. The molecule has 3 rings (SSSR count). The van der Waals surface area contributed by atoms with Gasteiger partial charge in [0.25, 0.3) is 0 Å². The van der Waals surface area contributed by atoms with E-state index in [4.69, 9.17) is 0 Å². The Balaban J connectivity index is 2.32. The van der Waals surface area contributed by atoms with Crippen LogP contribution in [0.2, 0.25) is 0 Å². The first-order chi connectivity index (χ1) is 20.4. The van der Waals surface area contributed by atoms with Crippen molar-refractivity contribution in [2.75, 3.05) is 0 Å². The van der Waals surface area contributed by atoms with Crippen molar-refractivity contribution in [2.24, 2.45) is 22.2 Å². The molecule has 6 nitrogen and oxygen atoms in total. The molecule has 2 fully saturated rings. The fraction of sp³-hybridized carbons (Fsp3) is 0.500. The number of hydrogen-bond donors (Lipinski definition) is 3. The summed E-state index contributed by atoms with van der Waals surface area (Å²) in [7, 11) is 0. The number of hydrogen-bond acceptors (Lipinski definition) is 6. The average Bonchev–Trinajstić information content (AvgIpc) is 2.92. The number of phenolic OH excluding ortho intramolecular Hbond substituents is 2. The van der Waals surface area contributed by atoms with Crippen molar-refractivity contribution >= 4 is 23.1 Å². The van der Waals surface area contributed by atoms with Gasteiger partial charge in [0.05, 0.1) is 5.41 Å². The number of aliphatic hydroxyl groups excluding tert-OH is 1. The smallest absolute Gasteiger partial charge is 0.184 e. The lowest BCUT2D eigenvalue weighted by Gasteiger charge is -2.60. The van der Waals surface area contributed by atoms with Crippen LogP contribution in [0.15, 0.2) is 70.4 Å². The van der Waals surface area contributed by atoms with Crippen LogP contribution in [0.1, 0.15) is 106 Å². The lowest BCUT2D eigenvalue weighted by molar-refractivity contribution is -0.176. The van der Waals surface area contributed by atoms with Crippen LogP contribution in [0.5, 0.6) is 11.5 Å². The molecule has 2 aliphatic rings. The molecular weight excluding hydrogens is 552 g/mol. The number of benzene rings is 1. The van der Waals surface area contributed by atoms with Crippen molar-refractivity contribution < 1.29 is 29.7 Å². The van der Waals surface area contributed by atoms with Gasteiger partial charge in [0.15, 0.2) is 28.8 Å². The molecule has 0 unspecified atom stereocenters. The minimum absolute atomic E-state index is 0.0171. The van der Waals surface area contributed by atoms with Crippen molar-refractivity contribution in [2.45, 2.75) is 101 Å². The van der Waals surface area contributed by atoms with Gasteiger partial charge in [-0.15, -0.1) is 0 Å². The third kappa shape index (κ3) is 6.27. The van der Waals surface area contributed by atoms with Gasteiger partial charge >= 0.3 is 0 Å². The summed E-state index contributed by atoms with van der Waals surface area (Å²) in [5, 5.41) is 31.5. The molecule has 0 spiro atoms. The van der Waals surface area contributed by atoms with Gasteiger partial charge in [0.2, 0.25) is 0 Å². The van der Waals surface area contributed by atoms with Crippen molar-refractivity contribution in [1.29, 1.82) is 0 Å². The highest BCUT2D eigenvalue weighted by Crippen LogP contribution is 2.65. The second kappa shape index (κ2) is 13.1. The van der Waals surface area contributed by atoms with E-state index in [1.54, 1.807) is 0 Å². The Kier molecular flexibility index (Phi) is 10.4. The van der Waals surface area contributed by atoms with Gasteiger partial charge < -0.3 is 15.3 Å². The highest BCUT2D eigenvalue weighted by atomic mass is 16.3. The standard InChI is InChI=1S/C38H50O6/c1-23(2)11-10-12-26(7)13-15-28-22-37(19-17-24(3)4)33(42)31(32(41)27-14-16-29(39)30(40)21-27)34(43)38(35(37)44,36(28,8)9)20-18-25(5)6/h11,13-14,16-18,21,28,39-41H,10,12,15,19-20,22H2,1-9H3/b26-13+,32-31+/t28-,37-,38+/m0/s1. The highest BCUT2D eigenvalue weighted by Gasteiger charge is 2.73. The van der Waals surface area contributed by atoms with Crippen LogP contribution in [0.25, 0.3) is 5.76 Å². The first kappa shape index (κ1) is 34.8. The number of Topliss-reactive ketones (excluding diaryl/α,β-unsaturated/α-hetero) is 3. The maximum Gasteiger partial charge on any atom is 0.184 e. The fourth-order valence-corrected chi connectivity index (χ4v) is 6.86. The largest absolute Gasteiger partial charge is 0.506 e. The van der Waals surface area contributed by atoms with Crippen molar-refractivity contribution in [3.63, 3.8) is 0 Å². The van der Waals surface area contributed by atoms with Crippen LogP contribution in [-0.2, 0) is 14.4 Å². The van der Waals surface area contributed by atoms with Crippen LogP contribution >= 0.6 is 0 Å². The van der Waals surface area contributed by atoms with Gasteiger partial charge in [-0.3, -0.25) is 14.4 Å². The monoisotopic (exact) mass is 602 g/mol. The summed E-state index contributed by atoms with van der Waals surface area (Å²) in [6, 6.07) is 3.65. The van der Waals surface area contributed by atoms with Crippen LogP contribution < -0.4 is 0 Å². The summed E-state index contributed by atoms with van der Waals surface area (Å²) in [5.41, 5.74) is 0.00501. The Morgan fingerprint density at radius 2 is 1.41 bits per heavy atom. The lowest BCUT2D eigenvalue weighted by Crippen LogP contribution is -2.69. The van der Waals surface area contributed by atoms with E-state index in [2.05, 4.69) is 32.9 Å². The van der Waals surface area contributed by atoms with E-state index >= 15 is 0 Å². The fourth-order valence-electron chi connectivity index (χ4n) is 6.86. The molecule has 44 heavy (non-hydrogen) atoms. The number of aromatic hydroxyl groups is 2. The molecule has 1 aromatic rings. The van der Waals surface area contributed by atoms with E-state index in [0.29, 0.717) is 6.42 Å². The molecule has 2 bridgehead atoms. The number of allylic oxidation sites excluding steroid dienone is 9. The number of aliphatic hydroxyl groups is 1. The van der Waals surface area contributed by atoms with E-state index in [1.807, 2.05) is 53.7 Å². The summed E-state index contributed by atoms with van der Waals surface area (Å²) in [6.07, 6.45) is 11.1. The molecule has 0 radical (unpaired) electrons. The normalized spacial score (nSPS) is 25.8. The van der Waals surface area contributed by atoms with Crippen LogP contribution in [0.3, 0.4) is 0 Å². The van der Waals surface area contributed by atoms with Gasteiger partial charge in [-0.05, 0) is 117 Å². The zero-order valence-electron chi connectivity index (χ0n) is 27.9. The molecule has 2 saturated carbocycles. The summed E-state index contributed by atoms with van der Waals surface area (Å²) in [5.74, 6) is -3.36. The molecule has 3 N–H and O–H groups in total. The number of ketones is 3. The first-order valence-corrected chi connectivity index (χ1v) is 15.6. The SMILES string of the molecule is CC(C)=CCC/C(C)=C/C[C@H]1C[C@@]2(CC=C(C)C)C(=O)/C(=C(\O)c3ccc(O)c(O)c3)C(=O)[C@](CC=C(C)C)(C2=O)C1(C)C. The quantitative estimate of drug-likeness (QED) is 0.0616. The molecule has 238 valence electrons. The summed E-state index contributed by atoms with van der Waals surface area (Å²) in [4.78, 5) is 44.3. The topological polar surface area (TPSA) is 112 Å². The second-order valence-electron chi connectivity index (χ2n) is 14.1. The number of carbonyl (C=O) groups is 3. The molecule has 0 amide bonds. The summed E-state index contributed by atoms with van der Waals surface area (Å²) >= 11 is 0. The number of fused-ring (bicyclic) bond motifs is 2. The Bertz CT molecular complexity index is 1480. The molecule has 0 heterocycles. The van der Waals surface area contributed by atoms with Crippen LogP contribution in [0, 0.1) is 22.2 Å². The predicted molar refractivity (Wildman–Crippen MR) is 176 cm³/mol. The van der Waals surface area contributed by atoms with E-state index in [-0.39, 0.29) is 36.5 Å². The van der Waals surface area contributed by atoms with Crippen molar-refractivity contribution in [3.05, 3.63) is 75.9 Å². The Morgan fingerprint density at radius 1 is 0.818 bits per heavy atom. The van der Waals surface area contributed by atoms with Crippen LogP contribution in [-0.4, -0.2) is 32.7 Å². The van der Waals surface area contributed by atoms with Crippen molar-refractivity contribution in [3.8, 4) is 11.5 Å². The molecule has 1 aromatic carbocycles. The first-order valence-electron chi connectivity index (χ1n) is 15.6. The lowest BCUT2D eigenvalue weighted by atomic mass is 9.38. The molecule has 0 saturated heterocycles. The Labute approximate surface area is 263 Å². The van der Waals surface area contributed by atoms with E-state index in [9.17, 15) is 29.7 Å². The van der Waals surface area contributed by atoms with E-state index < -0.39 is 50.6 Å². The molecule has 6 heteroatoms. The Morgan fingerprint density at radius 3 is 1.98 bits per heavy atom. The zero-order valence-corrected chi connectivity index (χ0v) is 27.9. The zero-order chi connectivity index (χ0) is 33.2. The molecule has 0 aromatic heterocycles. The maximum absolute atomic E-state index is 14.9. The Hall–Kier alpha value is -3.67. The number of carbonyl (C=O) groups excluding carboxylic acids is 3. The van der Waals surface area contributed by atoms with Gasteiger partial charge in [-0.2, -0.15) is 0 Å². The predicted octanol–water partition coefficient (Wildman–Crippen LogP) is 8.90. The molecule has 2 aliphatic carbocycles. The van der Waals surface area contributed by atoms with Gasteiger partial charge in [-0.25, -0.2) is 0 Å². The van der Waals surface area contributed by atoms with Gasteiger partial charge in [0.1, 0.15) is 16.7 Å². The second-order valence-corrected chi connectivity index (χ2v) is 14.1. The minimum Gasteiger partial charge on any atom is -0.506 e. The number of phenols is 2. The third-order valence-electron chi connectivity index (χ3n) is 9.82. The van der Waals surface area contributed by atoms with Crippen molar-refractivity contribution in [1.82, 2.24) is 0 Å². The molecule has 3 atom stereocenters. The number of rotatable bonds is 10. The third-order valence-corrected chi connectivity index (χ3v) is 9.82. The molecular formula is C38H50O6. The van der Waals surface area contributed by atoms with Gasteiger partial charge in [0, 0.05) is 5.56 Å². The van der Waals surface area contributed by atoms with E-state index in [0.717, 1.165) is 30.1 Å². The maximum atomic E-state index is 14.9. The molecule has 0 aliphatic heterocycles. The minimum atomic E-state index is -1.59. The van der Waals surface area contributed by atoms with E-state index in [1.165, 1.54) is 23.3 Å². The summed E-state index contributed by atoms with van der Waals surface area (Å²) in [6.45, 7) is 17.8.